The third kappa shape index (κ3) is 2.56. The summed E-state index contributed by atoms with van der Waals surface area (Å²) < 4.78 is 0. The Morgan fingerprint density at radius 3 is 2.95 bits per heavy atom. The van der Waals surface area contributed by atoms with Crippen LogP contribution in [0.15, 0.2) is 24.3 Å². The minimum Gasteiger partial charge on any atom is -0.354 e. The lowest BCUT2D eigenvalue weighted by molar-refractivity contribution is -0.124. The zero-order valence-corrected chi connectivity index (χ0v) is 10.3. The van der Waals surface area contributed by atoms with Crippen LogP contribution in [0.5, 0.6) is 0 Å². The first kappa shape index (κ1) is 13.1. The fourth-order valence-corrected chi connectivity index (χ4v) is 2.04. The van der Waals surface area contributed by atoms with Gasteiger partial charge in [-0.15, -0.1) is 0 Å². The molecule has 1 unspecified atom stereocenters. The van der Waals surface area contributed by atoms with Crippen molar-refractivity contribution >= 4 is 17.5 Å². The molecular formula is C13H14N4O2. The molecule has 6 heteroatoms. The number of rotatable bonds is 4. The Morgan fingerprint density at radius 2 is 2.21 bits per heavy atom. The number of benzene rings is 1. The molecule has 2 amide bonds. The minimum atomic E-state index is -0.705. The average molecular weight is 258 g/mol. The highest BCUT2D eigenvalue weighted by atomic mass is 16.2. The van der Waals surface area contributed by atoms with Crippen molar-refractivity contribution in [3.63, 3.8) is 0 Å². The van der Waals surface area contributed by atoms with Crippen LogP contribution in [0, 0.1) is 11.3 Å². The highest BCUT2D eigenvalue weighted by Gasteiger charge is 2.35. The van der Waals surface area contributed by atoms with Crippen LogP contribution >= 0.6 is 0 Å². The maximum absolute atomic E-state index is 12.0. The van der Waals surface area contributed by atoms with Crippen LogP contribution in [-0.4, -0.2) is 24.9 Å². The molecule has 0 radical (unpaired) electrons. The molecule has 1 aliphatic heterocycles. The van der Waals surface area contributed by atoms with E-state index in [0.717, 1.165) is 5.56 Å². The van der Waals surface area contributed by atoms with E-state index in [4.69, 9.17) is 11.0 Å². The lowest BCUT2D eigenvalue weighted by Crippen LogP contribution is -2.40. The van der Waals surface area contributed by atoms with E-state index >= 15 is 0 Å². The van der Waals surface area contributed by atoms with Gasteiger partial charge in [-0.05, 0) is 6.07 Å². The van der Waals surface area contributed by atoms with E-state index < -0.39 is 6.04 Å². The van der Waals surface area contributed by atoms with Crippen LogP contribution in [0.4, 0.5) is 5.69 Å². The second-order valence-corrected chi connectivity index (χ2v) is 4.22. The molecule has 0 fully saturated rings. The average Bonchev–Trinajstić information content (AvgIpc) is 2.65. The topological polar surface area (TPSA) is 99.2 Å². The molecule has 1 atom stereocenters. The van der Waals surface area contributed by atoms with Gasteiger partial charge in [0, 0.05) is 17.8 Å². The molecule has 0 saturated heterocycles. The Labute approximate surface area is 110 Å². The zero-order chi connectivity index (χ0) is 13.8. The fraction of sp³-hybridized carbons (Fsp3) is 0.308. The summed E-state index contributed by atoms with van der Waals surface area (Å²) in [6.07, 6.45) is 0.246. The molecule has 0 saturated carbocycles. The number of hydrogen-bond acceptors (Lipinski definition) is 4. The van der Waals surface area contributed by atoms with E-state index in [1.54, 1.807) is 18.2 Å². The zero-order valence-electron chi connectivity index (χ0n) is 10.3. The van der Waals surface area contributed by atoms with Crippen molar-refractivity contribution in [1.82, 2.24) is 5.32 Å². The van der Waals surface area contributed by atoms with Crippen LogP contribution in [0.1, 0.15) is 18.0 Å². The smallest absolute Gasteiger partial charge is 0.249 e. The monoisotopic (exact) mass is 258 g/mol. The van der Waals surface area contributed by atoms with Crippen molar-refractivity contribution in [3.05, 3.63) is 29.8 Å². The normalized spacial score (nSPS) is 16.9. The van der Waals surface area contributed by atoms with E-state index in [0.29, 0.717) is 5.69 Å². The second-order valence-electron chi connectivity index (χ2n) is 4.22. The highest BCUT2D eigenvalue weighted by Crippen LogP contribution is 2.33. The van der Waals surface area contributed by atoms with Crippen molar-refractivity contribution < 1.29 is 9.59 Å². The Hall–Kier alpha value is -2.39. The Kier molecular flexibility index (Phi) is 3.78. The molecule has 1 aromatic rings. The van der Waals surface area contributed by atoms with Gasteiger partial charge >= 0.3 is 0 Å². The van der Waals surface area contributed by atoms with Crippen LogP contribution in [-0.2, 0) is 9.59 Å². The van der Waals surface area contributed by atoms with Gasteiger partial charge in [0.15, 0.2) is 0 Å². The van der Waals surface area contributed by atoms with Crippen LogP contribution in [0.3, 0.4) is 0 Å². The maximum atomic E-state index is 12.0. The summed E-state index contributed by atoms with van der Waals surface area (Å²) in [4.78, 5) is 25.1. The van der Waals surface area contributed by atoms with Gasteiger partial charge in [0.05, 0.1) is 12.5 Å². The molecule has 0 bridgehead atoms. The van der Waals surface area contributed by atoms with Crippen LogP contribution in [0.25, 0.3) is 0 Å². The van der Waals surface area contributed by atoms with E-state index in [1.807, 2.05) is 12.1 Å². The van der Waals surface area contributed by atoms with E-state index in [-0.39, 0.29) is 31.3 Å². The SMILES string of the molecule is N#CCCNC(=O)CN1C(=O)C(N)c2ccccc21. The standard InChI is InChI=1S/C13H14N4O2/c14-6-3-7-16-11(18)8-17-10-5-2-1-4-9(10)12(15)13(17)19/h1-2,4-5,12H,3,7-8,15H2,(H,16,18). The van der Waals surface area contributed by atoms with E-state index in [1.165, 1.54) is 4.90 Å². The van der Waals surface area contributed by atoms with Gasteiger partial charge < -0.3 is 16.0 Å². The number of hydrogen-bond donors (Lipinski definition) is 2. The summed E-state index contributed by atoms with van der Waals surface area (Å²) in [7, 11) is 0. The lowest BCUT2D eigenvalue weighted by Gasteiger charge is -2.16. The molecule has 0 spiro atoms. The van der Waals surface area contributed by atoms with Crippen LogP contribution in [0.2, 0.25) is 0 Å². The number of nitrogens with one attached hydrogen (secondary N) is 1. The molecule has 1 heterocycles. The largest absolute Gasteiger partial charge is 0.354 e. The Balaban J connectivity index is 2.07. The van der Waals surface area contributed by atoms with Gasteiger partial charge in [-0.25, -0.2) is 0 Å². The van der Waals surface area contributed by atoms with Gasteiger partial charge in [-0.3, -0.25) is 9.59 Å². The quantitative estimate of drug-likeness (QED) is 0.746. The predicted molar refractivity (Wildman–Crippen MR) is 69.0 cm³/mol. The van der Waals surface area contributed by atoms with Gasteiger partial charge in [-0.2, -0.15) is 5.26 Å². The number of nitrogens with two attached hydrogens (primary N) is 1. The highest BCUT2D eigenvalue weighted by molar-refractivity contribution is 6.07. The Morgan fingerprint density at radius 1 is 1.47 bits per heavy atom. The third-order valence-corrected chi connectivity index (χ3v) is 2.96. The lowest BCUT2D eigenvalue weighted by atomic mass is 10.1. The molecule has 3 N–H and O–H groups in total. The molecule has 0 aliphatic carbocycles. The second kappa shape index (κ2) is 5.50. The molecular weight excluding hydrogens is 244 g/mol. The minimum absolute atomic E-state index is 0.0744. The van der Waals surface area contributed by atoms with Crippen molar-refractivity contribution in [2.75, 3.05) is 18.0 Å². The van der Waals surface area contributed by atoms with Gasteiger partial charge in [-0.1, -0.05) is 18.2 Å². The molecule has 19 heavy (non-hydrogen) atoms. The van der Waals surface area contributed by atoms with Gasteiger partial charge in [0.2, 0.25) is 11.8 Å². The summed E-state index contributed by atoms with van der Waals surface area (Å²) in [6.45, 7) is 0.208. The fourth-order valence-electron chi connectivity index (χ4n) is 2.04. The predicted octanol–water partition coefficient (Wildman–Crippen LogP) is 0.0629. The number of nitrogens with zero attached hydrogens (tertiary/aromatic N) is 2. The number of para-hydroxylation sites is 1. The van der Waals surface area contributed by atoms with Crippen molar-refractivity contribution in [2.24, 2.45) is 5.73 Å². The van der Waals surface area contributed by atoms with E-state index in [9.17, 15) is 9.59 Å². The summed E-state index contributed by atoms with van der Waals surface area (Å²) in [6, 6.07) is 8.38. The number of anilines is 1. The first-order valence-electron chi connectivity index (χ1n) is 5.94. The van der Waals surface area contributed by atoms with Gasteiger partial charge in [0.1, 0.15) is 12.6 Å². The first-order chi connectivity index (χ1) is 9.15. The van der Waals surface area contributed by atoms with Crippen LogP contribution < -0.4 is 16.0 Å². The number of nitriles is 1. The molecule has 0 aromatic heterocycles. The number of carbonyl (C=O) groups is 2. The van der Waals surface area contributed by atoms with E-state index in [2.05, 4.69) is 5.32 Å². The van der Waals surface area contributed by atoms with Gasteiger partial charge in [0.25, 0.3) is 0 Å². The Bertz CT molecular complexity index is 550. The summed E-state index contributed by atoms with van der Waals surface area (Å²) in [5.41, 5.74) is 7.22. The summed E-state index contributed by atoms with van der Waals surface area (Å²) in [5, 5.41) is 11.0. The number of amides is 2. The third-order valence-electron chi connectivity index (χ3n) is 2.96. The summed E-state index contributed by atoms with van der Waals surface area (Å²) >= 11 is 0. The number of carbonyl (C=O) groups excluding carboxylic acids is 2. The molecule has 2 rings (SSSR count). The molecule has 98 valence electrons. The van der Waals surface area contributed by atoms with Crippen molar-refractivity contribution in [3.8, 4) is 6.07 Å². The maximum Gasteiger partial charge on any atom is 0.249 e. The first-order valence-corrected chi connectivity index (χ1v) is 5.94. The number of fused-ring (bicyclic) bond motifs is 1. The molecule has 6 nitrogen and oxygen atoms in total. The van der Waals surface area contributed by atoms with Crippen molar-refractivity contribution in [2.45, 2.75) is 12.5 Å². The molecule has 1 aromatic carbocycles. The van der Waals surface area contributed by atoms with Crippen molar-refractivity contribution in [1.29, 1.82) is 5.26 Å². The summed E-state index contributed by atoms with van der Waals surface area (Å²) in [5.74, 6) is -0.580. The molecule has 1 aliphatic rings.